The zero-order chi connectivity index (χ0) is 13.1. The first-order chi connectivity index (χ1) is 8.56. The molecule has 0 aliphatic carbocycles. The van der Waals surface area contributed by atoms with Crippen LogP contribution in [0.3, 0.4) is 0 Å². The van der Waals surface area contributed by atoms with Crippen LogP contribution in [0, 0.1) is 0 Å². The maximum atomic E-state index is 10.7. The van der Waals surface area contributed by atoms with Gasteiger partial charge in [-0.05, 0) is 28.9 Å². The van der Waals surface area contributed by atoms with E-state index in [9.17, 15) is 4.79 Å². The van der Waals surface area contributed by atoms with Crippen molar-refractivity contribution in [1.29, 1.82) is 0 Å². The van der Waals surface area contributed by atoms with Gasteiger partial charge in [0.15, 0.2) is 0 Å². The summed E-state index contributed by atoms with van der Waals surface area (Å²) in [7, 11) is 0. The lowest BCUT2D eigenvalue weighted by Gasteiger charge is -2.36. The molecule has 1 aliphatic rings. The highest BCUT2D eigenvalue weighted by Gasteiger charge is 2.26. The largest absolute Gasteiger partial charge is 0.481 e. The predicted molar refractivity (Wildman–Crippen MR) is 74.0 cm³/mol. The fourth-order valence-corrected chi connectivity index (χ4v) is 3.68. The summed E-state index contributed by atoms with van der Waals surface area (Å²) in [4.78, 5) is 14.3. The van der Waals surface area contributed by atoms with Gasteiger partial charge in [-0.2, -0.15) is 0 Å². The molecule has 6 heteroatoms. The van der Waals surface area contributed by atoms with Crippen molar-refractivity contribution in [3.8, 4) is 0 Å². The Morgan fingerprint density at radius 2 is 2.56 bits per heavy atom. The van der Waals surface area contributed by atoms with Crippen LogP contribution >= 0.6 is 27.3 Å². The number of hydrogen-bond donors (Lipinski definition) is 1. The molecule has 0 radical (unpaired) electrons. The Balaban J connectivity index is 1.97. The lowest BCUT2D eigenvalue weighted by Crippen LogP contribution is -2.44. The fraction of sp³-hybridized carbons (Fsp3) is 0.583. The molecule has 0 spiro atoms. The van der Waals surface area contributed by atoms with Crippen LogP contribution in [0.1, 0.15) is 24.3 Å². The van der Waals surface area contributed by atoms with Gasteiger partial charge in [0, 0.05) is 33.9 Å². The summed E-state index contributed by atoms with van der Waals surface area (Å²) >= 11 is 5.18. The van der Waals surface area contributed by atoms with E-state index >= 15 is 0 Å². The molecule has 0 amide bonds. The Kier molecular flexibility index (Phi) is 4.77. The number of ether oxygens (including phenoxy) is 1. The van der Waals surface area contributed by atoms with E-state index < -0.39 is 5.97 Å². The average molecular weight is 334 g/mol. The Morgan fingerprint density at radius 3 is 3.17 bits per heavy atom. The highest BCUT2D eigenvalue weighted by molar-refractivity contribution is 9.10. The quantitative estimate of drug-likeness (QED) is 0.920. The Labute approximate surface area is 119 Å². The summed E-state index contributed by atoms with van der Waals surface area (Å²) < 4.78 is 6.58. The van der Waals surface area contributed by atoms with Gasteiger partial charge in [-0.15, -0.1) is 11.3 Å². The Bertz CT molecular complexity index is 423. The van der Waals surface area contributed by atoms with Crippen molar-refractivity contribution in [2.75, 3.05) is 19.7 Å². The number of hydrogen-bond acceptors (Lipinski definition) is 4. The summed E-state index contributed by atoms with van der Waals surface area (Å²) in [6, 6.07) is 2.43. The molecule has 2 rings (SSSR count). The van der Waals surface area contributed by atoms with Gasteiger partial charge in [-0.3, -0.25) is 9.69 Å². The average Bonchev–Trinajstić information content (AvgIpc) is 2.74. The molecule has 2 unspecified atom stereocenters. The van der Waals surface area contributed by atoms with Gasteiger partial charge in [-0.25, -0.2) is 0 Å². The van der Waals surface area contributed by atoms with Crippen molar-refractivity contribution < 1.29 is 14.6 Å². The number of halogens is 1. The number of thiophene rings is 1. The van der Waals surface area contributed by atoms with E-state index in [0.717, 1.165) is 11.0 Å². The second-order valence-corrected chi connectivity index (χ2v) is 6.29. The molecule has 1 N–H and O–H groups in total. The number of carboxylic acids is 1. The highest BCUT2D eigenvalue weighted by Crippen LogP contribution is 2.30. The van der Waals surface area contributed by atoms with E-state index in [2.05, 4.69) is 39.2 Å². The SMILES string of the molecule is CC(c1cc(Br)cs1)N1CCOC(CC(=O)O)C1. The van der Waals surface area contributed by atoms with Crippen LogP contribution in [-0.2, 0) is 9.53 Å². The summed E-state index contributed by atoms with van der Waals surface area (Å²) in [6.07, 6.45) is -0.112. The van der Waals surface area contributed by atoms with E-state index in [1.807, 2.05) is 0 Å². The van der Waals surface area contributed by atoms with Crippen LogP contribution in [0.4, 0.5) is 0 Å². The highest BCUT2D eigenvalue weighted by atomic mass is 79.9. The molecule has 4 nitrogen and oxygen atoms in total. The van der Waals surface area contributed by atoms with Crippen LogP contribution in [0.25, 0.3) is 0 Å². The number of aliphatic carboxylic acids is 1. The molecule has 1 aromatic heterocycles. The Hall–Kier alpha value is -0.430. The summed E-state index contributed by atoms with van der Waals surface area (Å²) in [5.41, 5.74) is 0. The second-order valence-electron chi connectivity index (χ2n) is 4.43. The molecule has 1 aromatic rings. The third kappa shape index (κ3) is 3.54. The van der Waals surface area contributed by atoms with Crippen LogP contribution in [0.2, 0.25) is 0 Å². The number of carbonyl (C=O) groups is 1. The van der Waals surface area contributed by atoms with Crippen molar-refractivity contribution in [1.82, 2.24) is 4.90 Å². The minimum atomic E-state index is -0.798. The van der Waals surface area contributed by atoms with Crippen molar-refractivity contribution in [3.05, 3.63) is 20.8 Å². The van der Waals surface area contributed by atoms with E-state index in [4.69, 9.17) is 9.84 Å². The molecule has 2 heterocycles. The molecule has 100 valence electrons. The molecule has 0 saturated carbocycles. The smallest absolute Gasteiger partial charge is 0.306 e. The second kappa shape index (κ2) is 6.14. The molecule has 18 heavy (non-hydrogen) atoms. The van der Waals surface area contributed by atoms with Gasteiger partial charge in [-0.1, -0.05) is 0 Å². The monoisotopic (exact) mass is 333 g/mol. The molecular formula is C12H16BrNO3S. The van der Waals surface area contributed by atoms with Crippen molar-refractivity contribution in [2.24, 2.45) is 0 Å². The number of carboxylic acid groups (broad SMARTS) is 1. The van der Waals surface area contributed by atoms with Gasteiger partial charge in [0.1, 0.15) is 0 Å². The predicted octanol–water partition coefficient (Wildman–Crippen LogP) is 2.75. The number of nitrogens with zero attached hydrogens (tertiary/aromatic N) is 1. The van der Waals surface area contributed by atoms with Gasteiger partial charge in [0.2, 0.25) is 0 Å². The summed E-state index contributed by atoms with van der Waals surface area (Å²) in [5, 5.41) is 10.9. The summed E-state index contributed by atoms with van der Waals surface area (Å²) in [6.45, 7) is 4.30. The zero-order valence-corrected chi connectivity index (χ0v) is 12.5. The maximum absolute atomic E-state index is 10.7. The van der Waals surface area contributed by atoms with Gasteiger partial charge in [0.05, 0.1) is 19.1 Å². The molecule has 0 aromatic carbocycles. The molecule has 2 atom stereocenters. The molecule has 1 fully saturated rings. The standard InChI is InChI=1S/C12H16BrNO3S/c1-8(11-4-9(13)7-18-11)14-2-3-17-10(6-14)5-12(15)16/h4,7-8,10H,2-3,5-6H2,1H3,(H,15,16). The molecule has 0 bridgehead atoms. The topological polar surface area (TPSA) is 49.8 Å². The van der Waals surface area contributed by atoms with E-state index in [1.165, 1.54) is 4.88 Å². The molecule has 1 saturated heterocycles. The van der Waals surface area contributed by atoms with Crippen LogP contribution in [-0.4, -0.2) is 41.8 Å². The van der Waals surface area contributed by atoms with E-state index in [0.29, 0.717) is 19.2 Å². The Morgan fingerprint density at radius 1 is 1.78 bits per heavy atom. The summed E-state index contributed by atoms with van der Waals surface area (Å²) in [5.74, 6) is -0.798. The number of rotatable bonds is 4. The number of morpholine rings is 1. The lowest BCUT2D eigenvalue weighted by molar-refractivity contribution is -0.142. The van der Waals surface area contributed by atoms with E-state index in [1.54, 1.807) is 11.3 Å². The molecular weight excluding hydrogens is 318 g/mol. The fourth-order valence-electron chi connectivity index (χ4n) is 2.14. The zero-order valence-electron chi connectivity index (χ0n) is 10.1. The first-order valence-electron chi connectivity index (χ1n) is 5.87. The minimum Gasteiger partial charge on any atom is -0.481 e. The van der Waals surface area contributed by atoms with E-state index in [-0.39, 0.29) is 12.5 Å². The lowest BCUT2D eigenvalue weighted by atomic mass is 10.1. The van der Waals surface area contributed by atoms with Gasteiger partial charge in [0.25, 0.3) is 0 Å². The van der Waals surface area contributed by atoms with Crippen molar-refractivity contribution >= 4 is 33.2 Å². The van der Waals surface area contributed by atoms with Gasteiger partial charge >= 0.3 is 5.97 Å². The van der Waals surface area contributed by atoms with Crippen molar-refractivity contribution in [3.63, 3.8) is 0 Å². The maximum Gasteiger partial charge on any atom is 0.306 e. The molecule has 1 aliphatic heterocycles. The third-order valence-electron chi connectivity index (χ3n) is 3.12. The van der Waals surface area contributed by atoms with Gasteiger partial charge < -0.3 is 9.84 Å². The van der Waals surface area contributed by atoms with Crippen molar-refractivity contribution in [2.45, 2.75) is 25.5 Å². The minimum absolute atomic E-state index is 0.0807. The first kappa shape index (κ1) is 14.0. The normalized spacial score (nSPS) is 22.9. The van der Waals surface area contributed by atoms with Crippen LogP contribution in [0.15, 0.2) is 15.9 Å². The third-order valence-corrected chi connectivity index (χ3v) is 4.98. The first-order valence-corrected chi connectivity index (χ1v) is 7.55. The van der Waals surface area contributed by atoms with Crippen LogP contribution < -0.4 is 0 Å². The van der Waals surface area contributed by atoms with Crippen LogP contribution in [0.5, 0.6) is 0 Å².